The van der Waals surface area contributed by atoms with Gasteiger partial charge >= 0.3 is 0 Å². The predicted octanol–water partition coefficient (Wildman–Crippen LogP) is 3.37. The van der Waals surface area contributed by atoms with Crippen LogP contribution in [0.25, 0.3) is 0 Å². The summed E-state index contributed by atoms with van der Waals surface area (Å²) in [4.78, 5) is 0. The van der Waals surface area contributed by atoms with E-state index in [0.717, 1.165) is 17.8 Å². The third-order valence-corrected chi connectivity index (χ3v) is 1.99. The molecule has 13 heavy (non-hydrogen) atoms. The molecule has 0 amide bonds. The molecule has 0 aromatic carbocycles. The van der Waals surface area contributed by atoms with Crippen LogP contribution in [0.3, 0.4) is 0 Å². The Morgan fingerprint density at radius 2 is 2.38 bits per heavy atom. The normalized spacial score (nSPS) is 22.2. The summed E-state index contributed by atoms with van der Waals surface area (Å²) in [5.74, 6) is 0.923. The minimum Gasteiger partial charge on any atom is -0.486 e. The van der Waals surface area contributed by atoms with Gasteiger partial charge in [-0.05, 0) is 25.5 Å². The van der Waals surface area contributed by atoms with Gasteiger partial charge in [0, 0.05) is 5.57 Å². The third kappa shape index (κ3) is 2.35. The maximum atomic E-state index is 5.71. The molecule has 1 unspecified atom stereocenters. The first-order valence-corrected chi connectivity index (χ1v) is 4.66. The number of rotatable bonds is 3. The summed E-state index contributed by atoms with van der Waals surface area (Å²) >= 11 is 0. The smallest absolute Gasteiger partial charge is 0.127 e. The van der Waals surface area contributed by atoms with Crippen LogP contribution in [0.4, 0.5) is 0 Å². The molecule has 0 saturated carbocycles. The van der Waals surface area contributed by atoms with E-state index in [2.05, 4.69) is 25.7 Å². The Morgan fingerprint density at radius 3 is 2.92 bits per heavy atom. The molecule has 0 aromatic rings. The summed E-state index contributed by atoms with van der Waals surface area (Å²) in [5.41, 5.74) is 1.06. The van der Waals surface area contributed by atoms with Crippen LogP contribution < -0.4 is 0 Å². The second-order valence-electron chi connectivity index (χ2n) is 2.95. The number of allylic oxidation sites excluding steroid dienone is 5. The summed E-state index contributed by atoms with van der Waals surface area (Å²) in [7, 11) is 0. The van der Waals surface area contributed by atoms with E-state index < -0.39 is 0 Å². The van der Waals surface area contributed by atoms with Gasteiger partial charge in [-0.15, -0.1) is 0 Å². The predicted molar refractivity (Wildman–Crippen MR) is 56.3 cm³/mol. The van der Waals surface area contributed by atoms with Crippen molar-refractivity contribution >= 4 is 0 Å². The molecule has 1 rings (SSSR count). The average molecular weight is 176 g/mol. The van der Waals surface area contributed by atoms with E-state index in [0.29, 0.717) is 0 Å². The fraction of sp³-hybridized carbons (Fsp3) is 0.333. The van der Waals surface area contributed by atoms with Crippen molar-refractivity contribution in [2.24, 2.45) is 0 Å². The molecule has 0 bridgehead atoms. The Balaban J connectivity index is 2.87. The first-order chi connectivity index (χ1) is 6.31. The van der Waals surface area contributed by atoms with E-state index in [1.54, 1.807) is 0 Å². The van der Waals surface area contributed by atoms with Gasteiger partial charge in [-0.1, -0.05) is 31.7 Å². The van der Waals surface area contributed by atoms with Gasteiger partial charge in [0.15, 0.2) is 0 Å². The SMILES string of the molecule is C=CC1=C(/C=C\C)OC(CC)C=C1. The highest BCUT2D eigenvalue weighted by Crippen LogP contribution is 2.20. The number of hydrogen-bond donors (Lipinski definition) is 0. The van der Waals surface area contributed by atoms with E-state index in [9.17, 15) is 0 Å². The van der Waals surface area contributed by atoms with E-state index in [4.69, 9.17) is 4.74 Å². The molecule has 1 heteroatoms. The first-order valence-electron chi connectivity index (χ1n) is 4.66. The lowest BCUT2D eigenvalue weighted by molar-refractivity contribution is 0.156. The van der Waals surface area contributed by atoms with Gasteiger partial charge in [-0.25, -0.2) is 0 Å². The summed E-state index contributed by atoms with van der Waals surface area (Å²) in [5, 5.41) is 0. The lowest BCUT2D eigenvalue weighted by atomic mass is 10.1. The Hall–Kier alpha value is -1.24. The van der Waals surface area contributed by atoms with Gasteiger partial charge in [0.2, 0.25) is 0 Å². The van der Waals surface area contributed by atoms with Gasteiger partial charge in [-0.3, -0.25) is 0 Å². The highest BCUT2D eigenvalue weighted by Gasteiger charge is 2.11. The summed E-state index contributed by atoms with van der Waals surface area (Å²) in [6, 6.07) is 0. The van der Waals surface area contributed by atoms with Crippen molar-refractivity contribution in [2.45, 2.75) is 26.4 Å². The Labute approximate surface area is 80.1 Å². The second kappa shape index (κ2) is 4.70. The zero-order valence-corrected chi connectivity index (χ0v) is 8.29. The van der Waals surface area contributed by atoms with E-state index in [1.807, 2.05) is 25.2 Å². The first kappa shape index (κ1) is 9.85. The molecule has 0 radical (unpaired) electrons. The van der Waals surface area contributed by atoms with Crippen molar-refractivity contribution < 1.29 is 4.74 Å². The molecule has 1 aliphatic heterocycles. The van der Waals surface area contributed by atoms with Gasteiger partial charge in [0.1, 0.15) is 11.9 Å². The standard InChI is InChI=1S/C12H16O/c1-4-7-12-10(5-2)8-9-11(6-3)13-12/h4-5,7-9,11H,2,6H2,1,3H3/b7-4-. The molecule has 0 N–H and O–H groups in total. The fourth-order valence-corrected chi connectivity index (χ4v) is 1.24. The highest BCUT2D eigenvalue weighted by molar-refractivity contribution is 5.39. The van der Waals surface area contributed by atoms with Crippen LogP contribution in [0.2, 0.25) is 0 Å². The lowest BCUT2D eigenvalue weighted by Gasteiger charge is -2.20. The summed E-state index contributed by atoms with van der Waals surface area (Å²) < 4.78 is 5.71. The van der Waals surface area contributed by atoms with Crippen molar-refractivity contribution in [3.8, 4) is 0 Å². The van der Waals surface area contributed by atoms with Crippen molar-refractivity contribution in [1.29, 1.82) is 0 Å². The largest absolute Gasteiger partial charge is 0.486 e. The Bertz CT molecular complexity index is 269. The van der Waals surface area contributed by atoms with Crippen LogP contribution in [0.15, 0.2) is 48.3 Å². The van der Waals surface area contributed by atoms with Gasteiger partial charge < -0.3 is 4.74 Å². The zero-order valence-electron chi connectivity index (χ0n) is 8.29. The van der Waals surface area contributed by atoms with Crippen LogP contribution in [0.1, 0.15) is 20.3 Å². The molecule has 0 aliphatic carbocycles. The third-order valence-electron chi connectivity index (χ3n) is 1.99. The second-order valence-corrected chi connectivity index (χ2v) is 2.95. The fourth-order valence-electron chi connectivity index (χ4n) is 1.24. The van der Waals surface area contributed by atoms with Gasteiger partial charge in [0.05, 0.1) is 0 Å². The quantitative estimate of drug-likeness (QED) is 0.640. The molecule has 0 fully saturated rings. The molecular weight excluding hydrogens is 160 g/mol. The topological polar surface area (TPSA) is 9.23 Å². The molecule has 70 valence electrons. The maximum absolute atomic E-state index is 5.71. The van der Waals surface area contributed by atoms with E-state index >= 15 is 0 Å². The highest BCUT2D eigenvalue weighted by atomic mass is 16.5. The summed E-state index contributed by atoms with van der Waals surface area (Å²) in [6.45, 7) is 7.84. The zero-order chi connectivity index (χ0) is 9.68. The molecule has 1 aliphatic rings. The molecule has 1 nitrogen and oxygen atoms in total. The van der Waals surface area contributed by atoms with Crippen LogP contribution >= 0.6 is 0 Å². The van der Waals surface area contributed by atoms with Crippen molar-refractivity contribution in [3.63, 3.8) is 0 Å². The minimum absolute atomic E-state index is 0.217. The lowest BCUT2D eigenvalue weighted by Crippen LogP contribution is -2.11. The Kier molecular flexibility index (Phi) is 3.56. The van der Waals surface area contributed by atoms with Crippen LogP contribution in [0.5, 0.6) is 0 Å². The number of ether oxygens (including phenoxy) is 1. The van der Waals surface area contributed by atoms with Crippen LogP contribution in [0, 0.1) is 0 Å². The minimum atomic E-state index is 0.217. The monoisotopic (exact) mass is 176 g/mol. The summed E-state index contributed by atoms with van der Waals surface area (Å²) in [6.07, 6.45) is 11.1. The molecular formula is C12H16O. The molecule has 0 aromatic heterocycles. The number of hydrogen-bond acceptors (Lipinski definition) is 1. The van der Waals surface area contributed by atoms with Crippen molar-refractivity contribution in [3.05, 3.63) is 48.3 Å². The molecule has 0 spiro atoms. The molecule has 0 saturated heterocycles. The molecule has 1 atom stereocenters. The van der Waals surface area contributed by atoms with E-state index in [1.165, 1.54) is 0 Å². The van der Waals surface area contributed by atoms with Gasteiger partial charge in [0.25, 0.3) is 0 Å². The van der Waals surface area contributed by atoms with Gasteiger partial charge in [-0.2, -0.15) is 0 Å². The Morgan fingerprint density at radius 1 is 1.62 bits per heavy atom. The van der Waals surface area contributed by atoms with Crippen molar-refractivity contribution in [2.75, 3.05) is 0 Å². The van der Waals surface area contributed by atoms with Crippen molar-refractivity contribution in [1.82, 2.24) is 0 Å². The van der Waals surface area contributed by atoms with Crippen LogP contribution in [-0.4, -0.2) is 6.10 Å². The molecule has 1 heterocycles. The maximum Gasteiger partial charge on any atom is 0.127 e. The average Bonchev–Trinajstić information content (AvgIpc) is 2.18. The van der Waals surface area contributed by atoms with Crippen LogP contribution in [-0.2, 0) is 4.74 Å². The van der Waals surface area contributed by atoms with E-state index in [-0.39, 0.29) is 6.10 Å².